The van der Waals surface area contributed by atoms with E-state index in [9.17, 15) is 19.5 Å². The van der Waals surface area contributed by atoms with Crippen molar-refractivity contribution in [3.05, 3.63) is 35.9 Å². The average Bonchev–Trinajstić information content (AvgIpc) is 3.36. The molecular formula is C25H34BrN3O5. The van der Waals surface area contributed by atoms with Crippen LogP contribution < -0.4 is 10.6 Å². The van der Waals surface area contributed by atoms with Crippen molar-refractivity contribution in [2.75, 3.05) is 6.61 Å². The molecule has 1 aromatic rings. The Bertz CT molecular complexity index is 942. The fourth-order valence-corrected chi connectivity index (χ4v) is 6.85. The van der Waals surface area contributed by atoms with Gasteiger partial charge in [0.1, 0.15) is 11.6 Å². The first-order valence-corrected chi connectivity index (χ1v) is 12.9. The number of nitrogens with zero attached hydrogens (tertiary/aromatic N) is 1. The number of aliphatic hydroxyl groups is 1. The van der Waals surface area contributed by atoms with Crippen LogP contribution in [0.15, 0.2) is 30.3 Å². The number of amides is 3. The SMILES string of the molecule is CC(C)NC(=O)C1N([C@@H](CO)C(C)C)C(=O)[C@@H]2[C@@H](C(=O)NCc3ccccc3)[C@@H]3OC12CC3Br. The van der Waals surface area contributed by atoms with Gasteiger partial charge in [-0.2, -0.15) is 0 Å². The van der Waals surface area contributed by atoms with Gasteiger partial charge >= 0.3 is 0 Å². The second kappa shape index (κ2) is 9.59. The van der Waals surface area contributed by atoms with Gasteiger partial charge in [0, 0.05) is 17.4 Å². The number of benzene rings is 1. The third-order valence-electron chi connectivity index (χ3n) is 7.33. The van der Waals surface area contributed by atoms with Crippen LogP contribution in [-0.2, 0) is 25.7 Å². The van der Waals surface area contributed by atoms with Gasteiger partial charge in [-0.1, -0.05) is 60.1 Å². The van der Waals surface area contributed by atoms with E-state index in [0.717, 1.165) is 5.56 Å². The highest BCUT2D eigenvalue weighted by Gasteiger charge is 2.77. The van der Waals surface area contributed by atoms with Gasteiger partial charge < -0.3 is 25.4 Å². The number of carbonyl (C=O) groups excluding carboxylic acids is 3. The van der Waals surface area contributed by atoms with Crippen LogP contribution in [0.2, 0.25) is 0 Å². The van der Waals surface area contributed by atoms with Gasteiger partial charge in [-0.15, -0.1) is 0 Å². The first-order valence-electron chi connectivity index (χ1n) is 12.0. The van der Waals surface area contributed by atoms with E-state index in [0.29, 0.717) is 13.0 Å². The molecule has 1 aromatic carbocycles. The van der Waals surface area contributed by atoms with Gasteiger partial charge in [0.25, 0.3) is 0 Å². The lowest BCUT2D eigenvalue weighted by Crippen LogP contribution is -2.59. The summed E-state index contributed by atoms with van der Waals surface area (Å²) in [5.74, 6) is -2.44. The zero-order valence-corrected chi connectivity index (χ0v) is 21.6. The summed E-state index contributed by atoms with van der Waals surface area (Å²) < 4.78 is 6.46. The number of carbonyl (C=O) groups is 3. The standard InChI is InChI=1S/C25H34BrN3O5/c1-13(2)17(12-30)29-21(23(32)28-14(3)4)25-10-16(26)20(34-25)18(19(25)24(29)33)22(31)27-11-15-8-6-5-7-9-15/h5-9,13-14,16-21,30H,10-12H2,1-4H3,(H,27,31)(H,28,32)/t16?,17-,18+,19-,20+,21?,25?/m0/s1. The number of alkyl halides is 1. The molecule has 186 valence electrons. The molecule has 3 aliphatic rings. The second-order valence-electron chi connectivity index (χ2n) is 10.3. The normalized spacial score (nSPS) is 32.9. The van der Waals surface area contributed by atoms with E-state index in [1.807, 2.05) is 58.0 Å². The van der Waals surface area contributed by atoms with E-state index in [1.54, 1.807) is 0 Å². The summed E-state index contributed by atoms with van der Waals surface area (Å²) in [5, 5.41) is 16.1. The van der Waals surface area contributed by atoms with Crippen molar-refractivity contribution in [2.24, 2.45) is 17.8 Å². The predicted octanol–water partition coefficient (Wildman–Crippen LogP) is 1.59. The first-order chi connectivity index (χ1) is 16.1. The molecule has 2 bridgehead atoms. The minimum atomic E-state index is -1.12. The van der Waals surface area contributed by atoms with Crippen molar-refractivity contribution < 1.29 is 24.2 Å². The molecule has 0 saturated carbocycles. The molecule has 9 heteroatoms. The van der Waals surface area contributed by atoms with Gasteiger partial charge in [-0.05, 0) is 31.7 Å². The van der Waals surface area contributed by atoms with Crippen molar-refractivity contribution in [2.45, 2.75) is 75.3 Å². The lowest BCUT2D eigenvalue weighted by atomic mass is 9.70. The summed E-state index contributed by atoms with van der Waals surface area (Å²) in [6, 6.07) is 7.98. The van der Waals surface area contributed by atoms with Gasteiger partial charge in [-0.3, -0.25) is 14.4 Å². The Morgan fingerprint density at radius 3 is 2.47 bits per heavy atom. The Labute approximate surface area is 208 Å². The molecule has 8 nitrogen and oxygen atoms in total. The third-order valence-corrected chi connectivity index (χ3v) is 8.18. The Kier molecular flexibility index (Phi) is 7.09. The molecule has 34 heavy (non-hydrogen) atoms. The number of likely N-dealkylation sites (tertiary alicyclic amines) is 1. The highest BCUT2D eigenvalue weighted by molar-refractivity contribution is 9.09. The summed E-state index contributed by atoms with van der Waals surface area (Å²) in [6.45, 7) is 7.61. The third kappa shape index (κ3) is 4.05. The molecule has 3 unspecified atom stereocenters. The highest BCUT2D eigenvalue weighted by atomic mass is 79.9. The van der Waals surface area contributed by atoms with E-state index in [2.05, 4.69) is 26.6 Å². The summed E-state index contributed by atoms with van der Waals surface area (Å²) in [6.07, 6.45) is -0.0627. The molecular weight excluding hydrogens is 502 g/mol. The zero-order chi connectivity index (χ0) is 24.8. The smallest absolute Gasteiger partial charge is 0.246 e. The molecule has 3 aliphatic heterocycles. The van der Waals surface area contributed by atoms with Crippen LogP contribution in [0.5, 0.6) is 0 Å². The molecule has 0 aliphatic carbocycles. The van der Waals surface area contributed by atoms with E-state index >= 15 is 0 Å². The summed E-state index contributed by atoms with van der Waals surface area (Å²) in [4.78, 5) is 42.2. The molecule has 0 radical (unpaired) electrons. The monoisotopic (exact) mass is 535 g/mol. The largest absolute Gasteiger partial charge is 0.394 e. The Morgan fingerprint density at radius 2 is 1.88 bits per heavy atom. The summed E-state index contributed by atoms with van der Waals surface area (Å²) >= 11 is 3.67. The highest BCUT2D eigenvalue weighted by Crippen LogP contribution is 2.60. The number of hydrogen-bond acceptors (Lipinski definition) is 5. The molecule has 3 N–H and O–H groups in total. The van der Waals surface area contributed by atoms with Crippen LogP contribution in [0, 0.1) is 17.8 Å². The number of rotatable bonds is 8. The molecule has 3 saturated heterocycles. The van der Waals surface area contributed by atoms with Crippen molar-refractivity contribution in [1.82, 2.24) is 15.5 Å². The average molecular weight is 536 g/mol. The van der Waals surface area contributed by atoms with Gasteiger partial charge in [0.2, 0.25) is 17.7 Å². The van der Waals surface area contributed by atoms with Crippen molar-refractivity contribution in [3.63, 3.8) is 0 Å². The van der Waals surface area contributed by atoms with Gasteiger partial charge in [0.15, 0.2) is 0 Å². The maximum absolute atomic E-state index is 13.9. The maximum atomic E-state index is 13.9. The van der Waals surface area contributed by atoms with Crippen molar-refractivity contribution in [3.8, 4) is 0 Å². The van der Waals surface area contributed by atoms with Crippen molar-refractivity contribution in [1.29, 1.82) is 0 Å². The minimum absolute atomic E-state index is 0.0825. The number of aliphatic hydroxyl groups excluding tert-OH is 1. The number of ether oxygens (including phenoxy) is 1. The maximum Gasteiger partial charge on any atom is 0.246 e. The molecule has 4 rings (SSSR count). The number of fused-ring (bicyclic) bond motifs is 1. The van der Waals surface area contributed by atoms with Crippen LogP contribution in [-0.4, -0.2) is 69.0 Å². The lowest BCUT2D eigenvalue weighted by molar-refractivity contribution is -0.147. The summed E-state index contributed by atoms with van der Waals surface area (Å²) in [5.41, 5.74) is -0.162. The molecule has 3 fully saturated rings. The van der Waals surface area contributed by atoms with Crippen LogP contribution in [0.1, 0.15) is 39.7 Å². The van der Waals surface area contributed by atoms with Crippen LogP contribution in [0.4, 0.5) is 0 Å². The van der Waals surface area contributed by atoms with Crippen LogP contribution in [0.25, 0.3) is 0 Å². The lowest BCUT2D eigenvalue weighted by Gasteiger charge is -2.38. The van der Waals surface area contributed by atoms with Crippen LogP contribution in [0.3, 0.4) is 0 Å². The molecule has 3 amide bonds. The molecule has 0 aromatic heterocycles. The van der Waals surface area contributed by atoms with E-state index < -0.39 is 35.6 Å². The second-order valence-corrected chi connectivity index (χ2v) is 11.4. The molecule has 7 atom stereocenters. The van der Waals surface area contributed by atoms with E-state index in [-0.39, 0.29) is 41.1 Å². The number of nitrogens with one attached hydrogen (secondary N) is 2. The quantitative estimate of drug-likeness (QED) is 0.438. The summed E-state index contributed by atoms with van der Waals surface area (Å²) in [7, 11) is 0. The van der Waals surface area contributed by atoms with Crippen molar-refractivity contribution >= 4 is 33.7 Å². The topological polar surface area (TPSA) is 108 Å². The van der Waals surface area contributed by atoms with Crippen LogP contribution >= 0.6 is 15.9 Å². The number of halogens is 1. The zero-order valence-electron chi connectivity index (χ0n) is 20.0. The Balaban J connectivity index is 1.69. The van der Waals surface area contributed by atoms with E-state index in [1.165, 1.54) is 4.90 Å². The Morgan fingerprint density at radius 1 is 1.21 bits per heavy atom. The van der Waals surface area contributed by atoms with E-state index in [4.69, 9.17) is 4.74 Å². The van der Waals surface area contributed by atoms with Gasteiger partial charge in [-0.25, -0.2) is 0 Å². The Hall–Kier alpha value is -1.97. The number of hydrogen-bond donors (Lipinski definition) is 3. The first kappa shape index (κ1) is 25.1. The fourth-order valence-electron chi connectivity index (χ4n) is 5.91. The predicted molar refractivity (Wildman–Crippen MR) is 130 cm³/mol. The molecule has 3 heterocycles. The van der Waals surface area contributed by atoms with Gasteiger partial charge in [0.05, 0.1) is 30.6 Å². The minimum Gasteiger partial charge on any atom is -0.394 e. The molecule has 1 spiro atoms. The fraction of sp³-hybridized carbons (Fsp3) is 0.640.